The van der Waals surface area contributed by atoms with E-state index in [1.54, 1.807) is 25.7 Å². The standard InChI is InChI=1S/C6H14.C5H12.C4H10.C3H6O2.3C3H8S.C3H8.3CH4S.10CH4.H2O/c1-3-5-6-4-2;1-3-5-4-2;1-3-4-2;1-2-3(4)5;3*1-3-4-2;1-3-2;3*1-2;;;;;;;;;;;/h3-6H2,1-2H3;3-5H2,1-2H3;3-4H2,1-2H3;2H2,1H3,(H,4,5);3*3H2,1-2H3;3H2,1-2H3;3*2H,1H3;10*1H4;1H2. The van der Waals surface area contributed by atoms with Crippen LogP contribution >= 0.6 is 73.2 Å². The highest BCUT2D eigenvalue weighted by molar-refractivity contribution is 7.98. The summed E-state index contributed by atoms with van der Waals surface area (Å²) < 4.78 is 0. The van der Waals surface area contributed by atoms with Crippen molar-refractivity contribution in [2.45, 2.75) is 228 Å². The summed E-state index contributed by atoms with van der Waals surface area (Å²) in [5.41, 5.74) is 0. The molecule has 0 rings (SSSR count). The molecule has 3 nitrogen and oxygen atoms in total. The Bertz CT molecular complexity index is 217. The van der Waals surface area contributed by atoms with Crippen LogP contribution in [0.15, 0.2) is 0 Å². The van der Waals surface area contributed by atoms with Crippen molar-refractivity contribution in [3.63, 3.8) is 0 Å². The molecule has 0 unspecified atom stereocenters. The zero-order valence-corrected chi connectivity index (χ0v) is 37.5. The van der Waals surface area contributed by atoms with Crippen LogP contribution in [0.5, 0.6) is 0 Å². The fourth-order valence-corrected chi connectivity index (χ4v) is 0.854. The molecule has 0 heterocycles. The Hall–Kier alpha value is 1.53. The second-order valence-electron chi connectivity index (χ2n) is 7.25. The van der Waals surface area contributed by atoms with Crippen molar-refractivity contribution < 1.29 is 15.4 Å². The Labute approximate surface area is 374 Å². The molecule has 0 aliphatic rings. The number of rotatable bonds is 10. The molecule has 0 bridgehead atoms. The SMILES string of the molecule is C.C.C.C.C.C.C.C.C.C.CCC.CCC(=O)O.CCCC.CCCCC.CCCCCC.CCSC.CCSC.CCSC.CS.CS.CS.O. The van der Waals surface area contributed by atoms with Crippen LogP contribution in [-0.2, 0) is 4.79 Å². The van der Waals surface area contributed by atoms with Gasteiger partial charge in [-0.05, 0) is 54.8 Å². The van der Waals surface area contributed by atoms with Gasteiger partial charge in [0.2, 0.25) is 0 Å². The first-order valence-corrected chi connectivity index (χ1v) is 22.6. The molecule has 0 fully saturated rings. The van der Waals surface area contributed by atoms with Crippen LogP contribution in [0.4, 0.5) is 0 Å². The van der Waals surface area contributed by atoms with Crippen LogP contribution in [0.2, 0.25) is 0 Å². The molecule has 354 valence electrons. The highest BCUT2D eigenvalue weighted by atomic mass is 32.2. The van der Waals surface area contributed by atoms with Crippen LogP contribution in [0.3, 0.4) is 0 Å². The van der Waals surface area contributed by atoms with Gasteiger partial charge in [-0.25, -0.2) is 0 Å². The highest BCUT2D eigenvalue weighted by Crippen LogP contribution is 1.95. The number of carboxylic acid groups (broad SMARTS) is 1. The number of carbonyl (C=O) groups is 1. The Morgan fingerprint density at radius 2 is 0.519 bits per heavy atom. The molecule has 0 atom stereocenters. The lowest BCUT2D eigenvalue weighted by atomic mass is 10.2. The van der Waals surface area contributed by atoms with Gasteiger partial charge < -0.3 is 10.6 Å². The van der Waals surface area contributed by atoms with Crippen LogP contribution in [0, 0.1) is 0 Å². The van der Waals surface area contributed by atoms with Gasteiger partial charge in [0.15, 0.2) is 0 Å². The average Bonchev–Trinajstić information content (AvgIpc) is 3.04. The minimum absolute atomic E-state index is 0. The molecule has 0 spiro atoms. The monoisotopic (exact) mass is 885 g/mol. The third kappa shape index (κ3) is 838. The molecule has 0 saturated heterocycles. The zero-order valence-electron chi connectivity index (χ0n) is 32.3. The molecule has 0 radical (unpaired) electrons. The fourth-order valence-electron chi connectivity index (χ4n) is 0.854. The molecule has 0 aromatic rings. The van der Waals surface area contributed by atoms with E-state index in [9.17, 15) is 4.79 Å². The highest BCUT2D eigenvalue weighted by Gasteiger charge is 1.80. The normalized spacial score (nSPS) is 5.56. The molecule has 9 heteroatoms. The molecule has 3 N–H and O–H groups in total. The largest absolute Gasteiger partial charge is 0.481 e. The van der Waals surface area contributed by atoms with Gasteiger partial charge in [0.25, 0.3) is 0 Å². The first-order chi connectivity index (χ1) is 19.7. The van der Waals surface area contributed by atoms with E-state index in [1.165, 1.54) is 81.5 Å². The van der Waals surface area contributed by atoms with E-state index in [1.807, 2.05) is 35.3 Å². The van der Waals surface area contributed by atoms with E-state index in [-0.39, 0.29) is 86.2 Å². The predicted octanol–water partition coefficient (Wildman–Crippen LogP) is 19.8. The van der Waals surface area contributed by atoms with Gasteiger partial charge in [-0.1, -0.05) is 222 Å². The van der Waals surface area contributed by atoms with Gasteiger partial charge >= 0.3 is 5.97 Å². The van der Waals surface area contributed by atoms with E-state index in [0.29, 0.717) is 0 Å². The predicted molar refractivity (Wildman–Crippen MR) is 297 cm³/mol. The summed E-state index contributed by atoms with van der Waals surface area (Å²) in [5.74, 6) is 2.96. The second kappa shape index (κ2) is 301. The summed E-state index contributed by atoms with van der Waals surface area (Å²) in [7, 11) is 0. The molecule has 0 aromatic heterocycles. The Kier molecular flexibility index (Phi) is 860. The van der Waals surface area contributed by atoms with Crippen LogP contribution in [0.1, 0.15) is 228 Å². The number of thiol groups is 3. The van der Waals surface area contributed by atoms with Gasteiger partial charge in [-0.2, -0.15) is 73.2 Å². The molecular formula is C43H128O3S6. The summed E-state index contributed by atoms with van der Waals surface area (Å²) in [5, 5.41) is 7.72. The van der Waals surface area contributed by atoms with Gasteiger partial charge in [-0.3, -0.25) is 4.79 Å². The van der Waals surface area contributed by atoms with Crippen molar-refractivity contribution in [3.8, 4) is 0 Å². The average molecular weight is 886 g/mol. The Morgan fingerprint density at radius 3 is 0.538 bits per heavy atom. The van der Waals surface area contributed by atoms with Gasteiger partial charge in [-0.15, -0.1) is 0 Å². The molecule has 0 aliphatic carbocycles. The number of aliphatic carboxylic acids is 1. The molecule has 0 saturated carbocycles. The Morgan fingerprint density at radius 1 is 0.404 bits per heavy atom. The summed E-state index contributed by atoms with van der Waals surface area (Å²) in [6, 6.07) is 0. The number of hydrogen-bond donors (Lipinski definition) is 4. The Balaban J connectivity index is -0.00000000945. The van der Waals surface area contributed by atoms with Crippen molar-refractivity contribution >= 4 is 79.1 Å². The lowest BCUT2D eigenvalue weighted by Gasteiger charge is -1.86. The quantitative estimate of drug-likeness (QED) is 0.130. The topological polar surface area (TPSA) is 68.8 Å². The fraction of sp³-hybridized carbons (Fsp3) is 0.977. The van der Waals surface area contributed by atoms with Gasteiger partial charge in [0, 0.05) is 6.42 Å². The van der Waals surface area contributed by atoms with Crippen molar-refractivity contribution in [2.24, 2.45) is 0 Å². The van der Waals surface area contributed by atoms with Crippen molar-refractivity contribution in [1.82, 2.24) is 0 Å². The van der Waals surface area contributed by atoms with E-state index < -0.39 is 5.97 Å². The molecule has 0 aromatic carbocycles. The summed E-state index contributed by atoms with van der Waals surface area (Å²) in [6.07, 6.45) is 25.1. The number of thioether (sulfide) groups is 3. The maximum absolute atomic E-state index is 9.37. The third-order valence-electron chi connectivity index (χ3n) is 3.33. The minimum atomic E-state index is -0.745. The maximum Gasteiger partial charge on any atom is 0.303 e. The van der Waals surface area contributed by atoms with E-state index in [2.05, 4.69) is 133 Å². The third-order valence-corrected chi connectivity index (χ3v) is 5.06. The van der Waals surface area contributed by atoms with Gasteiger partial charge in [0.1, 0.15) is 0 Å². The van der Waals surface area contributed by atoms with Crippen LogP contribution in [0.25, 0.3) is 0 Å². The first-order valence-electron chi connectivity index (χ1n) is 15.7. The van der Waals surface area contributed by atoms with Crippen molar-refractivity contribution in [2.75, 3.05) is 54.8 Å². The second-order valence-corrected chi connectivity index (χ2v) is 10.7. The lowest BCUT2D eigenvalue weighted by Crippen LogP contribution is -1.86. The summed E-state index contributed by atoms with van der Waals surface area (Å²) >= 11 is 16.2. The smallest absolute Gasteiger partial charge is 0.303 e. The number of hydrogen-bond acceptors (Lipinski definition) is 7. The number of carboxylic acids is 1. The maximum atomic E-state index is 9.37. The van der Waals surface area contributed by atoms with Gasteiger partial charge in [0.05, 0.1) is 0 Å². The summed E-state index contributed by atoms with van der Waals surface area (Å²) in [4.78, 5) is 9.37. The van der Waals surface area contributed by atoms with E-state index in [4.69, 9.17) is 5.11 Å². The van der Waals surface area contributed by atoms with E-state index >= 15 is 0 Å². The van der Waals surface area contributed by atoms with Crippen LogP contribution in [-0.4, -0.2) is 71.3 Å². The molecule has 0 amide bonds. The molecule has 0 aliphatic heterocycles. The minimum Gasteiger partial charge on any atom is -0.481 e. The van der Waals surface area contributed by atoms with Crippen molar-refractivity contribution in [1.29, 1.82) is 0 Å². The first kappa shape index (κ1) is 149. The summed E-state index contributed by atoms with van der Waals surface area (Å²) in [6.45, 7) is 25.5. The van der Waals surface area contributed by atoms with Crippen LogP contribution < -0.4 is 0 Å². The number of unbranched alkanes of at least 4 members (excludes halogenated alkanes) is 6. The lowest BCUT2D eigenvalue weighted by molar-refractivity contribution is -0.136. The van der Waals surface area contributed by atoms with Crippen molar-refractivity contribution in [3.05, 3.63) is 0 Å². The molecule has 52 heavy (non-hydrogen) atoms. The van der Waals surface area contributed by atoms with E-state index in [0.717, 1.165) is 0 Å². The molecular weight excluding hydrogens is 757 g/mol. The zero-order chi connectivity index (χ0) is 35.6.